The maximum atomic E-state index is 12.2. The van der Waals surface area contributed by atoms with E-state index >= 15 is 0 Å². The molecule has 5 heteroatoms. The number of ether oxygens (including phenoxy) is 1. The number of pyridine rings is 1. The van der Waals surface area contributed by atoms with Gasteiger partial charge in [0.2, 0.25) is 11.8 Å². The molecule has 1 aromatic heterocycles. The van der Waals surface area contributed by atoms with E-state index in [1.165, 1.54) is 0 Å². The third-order valence-electron chi connectivity index (χ3n) is 5.01. The Morgan fingerprint density at radius 2 is 2.13 bits per heavy atom. The molecule has 1 amide bonds. The van der Waals surface area contributed by atoms with Crippen LogP contribution in [0.2, 0.25) is 0 Å². The molecule has 126 valence electrons. The van der Waals surface area contributed by atoms with E-state index < -0.39 is 0 Å². The number of rotatable bonds is 4. The van der Waals surface area contributed by atoms with Crippen molar-refractivity contribution in [2.75, 3.05) is 26.2 Å². The molecule has 2 saturated heterocycles. The Balaban J connectivity index is 1.46. The van der Waals surface area contributed by atoms with Gasteiger partial charge in [-0.2, -0.15) is 0 Å². The summed E-state index contributed by atoms with van der Waals surface area (Å²) in [6.07, 6.45) is 7.21. The van der Waals surface area contributed by atoms with Crippen LogP contribution in [-0.2, 0) is 4.79 Å². The van der Waals surface area contributed by atoms with Gasteiger partial charge in [0.25, 0.3) is 0 Å². The minimum Gasteiger partial charge on any atom is -0.477 e. The first-order valence-corrected chi connectivity index (χ1v) is 8.80. The largest absolute Gasteiger partial charge is 0.477 e. The first-order chi connectivity index (χ1) is 11.2. The van der Waals surface area contributed by atoms with Gasteiger partial charge in [-0.3, -0.25) is 9.69 Å². The maximum absolute atomic E-state index is 12.2. The number of nitrogens with zero attached hydrogens (tertiary/aromatic N) is 2. The molecule has 0 spiro atoms. The van der Waals surface area contributed by atoms with Crippen LogP contribution in [0.25, 0.3) is 0 Å². The van der Waals surface area contributed by atoms with Crippen molar-refractivity contribution in [2.24, 2.45) is 5.92 Å². The van der Waals surface area contributed by atoms with Crippen LogP contribution in [0.3, 0.4) is 0 Å². The lowest BCUT2D eigenvalue weighted by molar-refractivity contribution is -0.126. The number of aromatic nitrogens is 1. The second-order valence-electron chi connectivity index (χ2n) is 6.72. The normalized spacial score (nSPS) is 24.0. The topological polar surface area (TPSA) is 54.5 Å². The average Bonchev–Trinajstić information content (AvgIpc) is 2.79. The lowest BCUT2D eigenvalue weighted by atomic mass is 9.95. The molecule has 1 aromatic rings. The summed E-state index contributed by atoms with van der Waals surface area (Å²) in [6, 6.07) is 4.03. The molecular weight excluding hydrogens is 290 g/mol. The van der Waals surface area contributed by atoms with Crippen LogP contribution in [0.15, 0.2) is 18.3 Å². The fourth-order valence-corrected chi connectivity index (χ4v) is 3.52. The standard InChI is InChI=1S/C18H27N3O2/c1-14-5-4-10-20-18(14)23-13-15-7-11-21(12-8-15)16-6-2-3-9-19-17(16)22/h4-5,10,15-16H,2-3,6-9,11-13H2,1H3,(H,19,22). The van der Waals surface area contributed by atoms with Gasteiger partial charge in [-0.05, 0) is 64.1 Å². The van der Waals surface area contributed by atoms with Gasteiger partial charge in [-0.15, -0.1) is 0 Å². The SMILES string of the molecule is Cc1cccnc1OCC1CCN(C2CCCCNC2=O)CC1. The van der Waals surface area contributed by atoms with Crippen LogP contribution in [-0.4, -0.2) is 48.1 Å². The first-order valence-electron chi connectivity index (χ1n) is 8.80. The zero-order valence-corrected chi connectivity index (χ0v) is 14.0. The minimum absolute atomic E-state index is 0.0809. The van der Waals surface area contributed by atoms with E-state index in [2.05, 4.69) is 15.2 Å². The summed E-state index contributed by atoms with van der Waals surface area (Å²) in [5, 5.41) is 3.04. The number of carbonyl (C=O) groups is 1. The van der Waals surface area contributed by atoms with Crippen molar-refractivity contribution in [3.8, 4) is 5.88 Å². The predicted molar refractivity (Wildman–Crippen MR) is 89.4 cm³/mol. The Morgan fingerprint density at radius 3 is 2.91 bits per heavy atom. The van der Waals surface area contributed by atoms with Crippen LogP contribution < -0.4 is 10.1 Å². The highest BCUT2D eigenvalue weighted by Crippen LogP contribution is 2.23. The molecule has 0 aromatic carbocycles. The summed E-state index contributed by atoms with van der Waals surface area (Å²) in [6.45, 7) is 5.57. The van der Waals surface area contributed by atoms with E-state index in [-0.39, 0.29) is 11.9 Å². The van der Waals surface area contributed by atoms with Crippen molar-refractivity contribution in [3.05, 3.63) is 23.9 Å². The molecule has 0 radical (unpaired) electrons. The molecule has 2 fully saturated rings. The predicted octanol–water partition coefficient (Wildman–Crippen LogP) is 2.15. The summed E-state index contributed by atoms with van der Waals surface area (Å²) in [7, 11) is 0. The van der Waals surface area contributed by atoms with E-state index in [4.69, 9.17) is 4.74 Å². The number of hydrogen-bond donors (Lipinski definition) is 1. The Labute approximate surface area is 138 Å². The third-order valence-corrected chi connectivity index (χ3v) is 5.01. The van der Waals surface area contributed by atoms with Crippen LogP contribution >= 0.6 is 0 Å². The number of carbonyl (C=O) groups excluding carboxylic acids is 1. The monoisotopic (exact) mass is 317 g/mol. The van der Waals surface area contributed by atoms with E-state index in [0.717, 1.165) is 69.8 Å². The van der Waals surface area contributed by atoms with Crippen molar-refractivity contribution >= 4 is 5.91 Å². The number of nitrogens with one attached hydrogen (secondary N) is 1. The quantitative estimate of drug-likeness (QED) is 0.924. The van der Waals surface area contributed by atoms with Gasteiger partial charge in [0.1, 0.15) is 0 Å². The second-order valence-corrected chi connectivity index (χ2v) is 6.72. The van der Waals surface area contributed by atoms with E-state index in [9.17, 15) is 4.79 Å². The minimum atomic E-state index is 0.0809. The number of likely N-dealkylation sites (tertiary alicyclic amines) is 1. The van der Waals surface area contributed by atoms with E-state index in [0.29, 0.717) is 5.92 Å². The lowest BCUT2D eigenvalue weighted by Crippen LogP contribution is -2.49. The number of piperidine rings is 1. The highest BCUT2D eigenvalue weighted by Gasteiger charge is 2.30. The molecule has 1 atom stereocenters. The molecule has 1 unspecified atom stereocenters. The number of hydrogen-bond acceptors (Lipinski definition) is 4. The van der Waals surface area contributed by atoms with Gasteiger partial charge in [0, 0.05) is 18.3 Å². The Morgan fingerprint density at radius 1 is 1.30 bits per heavy atom. The zero-order valence-electron chi connectivity index (χ0n) is 14.0. The number of amides is 1. The summed E-state index contributed by atoms with van der Waals surface area (Å²) in [5.41, 5.74) is 1.08. The van der Waals surface area contributed by atoms with Crippen molar-refractivity contribution in [2.45, 2.75) is 45.1 Å². The van der Waals surface area contributed by atoms with Gasteiger partial charge in [-0.1, -0.05) is 6.07 Å². The molecule has 3 heterocycles. The molecule has 3 rings (SSSR count). The van der Waals surface area contributed by atoms with Crippen LogP contribution in [0.1, 0.15) is 37.7 Å². The molecule has 23 heavy (non-hydrogen) atoms. The Hall–Kier alpha value is -1.62. The first kappa shape index (κ1) is 16.2. The van der Waals surface area contributed by atoms with Crippen molar-refractivity contribution in [1.82, 2.24) is 15.2 Å². The number of aryl methyl sites for hydroxylation is 1. The smallest absolute Gasteiger partial charge is 0.237 e. The Kier molecular flexibility index (Phi) is 5.49. The summed E-state index contributed by atoms with van der Waals surface area (Å²) in [4.78, 5) is 18.8. The van der Waals surface area contributed by atoms with Gasteiger partial charge in [-0.25, -0.2) is 4.98 Å². The van der Waals surface area contributed by atoms with Gasteiger partial charge in [0.15, 0.2) is 0 Å². The van der Waals surface area contributed by atoms with Gasteiger partial charge >= 0.3 is 0 Å². The molecule has 0 aliphatic carbocycles. The van der Waals surface area contributed by atoms with E-state index in [1.54, 1.807) is 6.20 Å². The lowest BCUT2D eigenvalue weighted by Gasteiger charge is -2.36. The fourth-order valence-electron chi connectivity index (χ4n) is 3.52. The zero-order chi connectivity index (χ0) is 16.1. The van der Waals surface area contributed by atoms with Crippen molar-refractivity contribution in [1.29, 1.82) is 0 Å². The summed E-state index contributed by atoms with van der Waals surface area (Å²) in [5.74, 6) is 1.53. The Bertz CT molecular complexity index is 527. The molecule has 5 nitrogen and oxygen atoms in total. The summed E-state index contributed by atoms with van der Waals surface area (Å²) >= 11 is 0. The van der Waals surface area contributed by atoms with Crippen molar-refractivity contribution < 1.29 is 9.53 Å². The molecular formula is C18H27N3O2. The van der Waals surface area contributed by atoms with Crippen LogP contribution in [0.4, 0.5) is 0 Å². The maximum Gasteiger partial charge on any atom is 0.237 e. The average molecular weight is 317 g/mol. The van der Waals surface area contributed by atoms with Crippen molar-refractivity contribution in [3.63, 3.8) is 0 Å². The highest BCUT2D eigenvalue weighted by atomic mass is 16.5. The van der Waals surface area contributed by atoms with Gasteiger partial charge in [0.05, 0.1) is 12.6 Å². The second kappa shape index (κ2) is 7.77. The molecule has 0 saturated carbocycles. The molecule has 1 N–H and O–H groups in total. The third kappa shape index (κ3) is 4.22. The summed E-state index contributed by atoms with van der Waals surface area (Å²) < 4.78 is 5.89. The van der Waals surface area contributed by atoms with Crippen LogP contribution in [0, 0.1) is 12.8 Å². The molecule has 2 aliphatic rings. The molecule has 2 aliphatic heterocycles. The van der Waals surface area contributed by atoms with Gasteiger partial charge < -0.3 is 10.1 Å². The highest BCUT2D eigenvalue weighted by molar-refractivity contribution is 5.81. The van der Waals surface area contributed by atoms with Crippen LogP contribution in [0.5, 0.6) is 5.88 Å². The molecule has 0 bridgehead atoms. The fraction of sp³-hybridized carbons (Fsp3) is 0.667. The van der Waals surface area contributed by atoms with E-state index in [1.807, 2.05) is 19.1 Å².